The van der Waals surface area contributed by atoms with Crippen molar-refractivity contribution in [2.45, 2.75) is 52.5 Å². The molecule has 2 N–H and O–H groups in total. The summed E-state index contributed by atoms with van der Waals surface area (Å²) in [5.41, 5.74) is 6.18. The maximum atomic E-state index is 5.96. The van der Waals surface area contributed by atoms with Crippen LogP contribution < -0.4 is 5.73 Å². The number of aliphatic imine (C=N–C) groups is 1. The van der Waals surface area contributed by atoms with Gasteiger partial charge in [0.15, 0.2) is 0 Å². The molecule has 2 nitrogen and oxygen atoms in total. The first-order valence-corrected chi connectivity index (χ1v) is 4.88. The Hall–Kier alpha value is -0.530. The number of rotatable bonds is 2. The fraction of sp³-hybridized carbons (Fsp3) is 0.900. The Morgan fingerprint density at radius 2 is 1.83 bits per heavy atom. The first kappa shape index (κ1) is 9.56. The van der Waals surface area contributed by atoms with Gasteiger partial charge in [0, 0.05) is 11.5 Å². The van der Waals surface area contributed by atoms with Crippen molar-refractivity contribution in [3.05, 3.63) is 0 Å². The average Bonchev–Trinajstić information content (AvgIpc) is 2.36. The van der Waals surface area contributed by atoms with Gasteiger partial charge in [-0.2, -0.15) is 0 Å². The zero-order valence-corrected chi connectivity index (χ0v) is 8.43. The normalized spacial score (nSPS) is 23.5. The third kappa shape index (κ3) is 1.99. The van der Waals surface area contributed by atoms with Gasteiger partial charge in [-0.05, 0) is 26.7 Å². The zero-order valence-electron chi connectivity index (χ0n) is 8.43. The summed E-state index contributed by atoms with van der Waals surface area (Å²) >= 11 is 0. The molecule has 2 heteroatoms. The summed E-state index contributed by atoms with van der Waals surface area (Å²) in [4.78, 5) is 4.43. The molecule has 1 aliphatic carbocycles. The summed E-state index contributed by atoms with van der Waals surface area (Å²) in [5.74, 6) is 0.870. The summed E-state index contributed by atoms with van der Waals surface area (Å²) in [7, 11) is 0. The topological polar surface area (TPSA) is 38.4 Å². The predicted molar refractivity (Wildman–Crippen MR) is 53.3 cm³/mol. The summed E-state index contributed by atoms with van der Waals surface area (Å²) in [6.45, 7) is 6.39. The van der Waals surface area contributed by atoms with E-state index in [1.54, 1.807) is 0 Å². The molecule has 0 amide bonds. The first-order valence-electron chi connectivity index (χ1n) is 4.88. The number of amidine groups is 1. The first-order chi connectivity index (χ1) is 5.54. The molecule has 1 rings (SSSR count). The number of nitrogens with two attached hydrogens (primary N) is 1. The van der Waals surface area contributed by atoms with Crippen molar-refractivity contribution in [2.24, 2.45) is 16.1 Å². The Kier molecular flexibility index (Phi) is 2.76. The molecule has 70 valence electrons. The Bertz CT molecular complexity index is 176. The lowest BCUT2D eigenvalue weighted by Crippen LogP contribution is -2.32. The average molecular weight is 168 g/mol. The van der Waals surface area contributed by atoms with Gasteiger partial charge in [0.1, 0.15) is 0 Å². The molecule has 1 fully saturated rings. The highest BCUT2D eigenvalue weighted by molar-refractivity contribution is 5.86. The summed E-state index contributed by atoms with van der Waals surface area (Å²) in [6.07, 6.45) is 5.06. The fourth-order valence-electron chi connectivity index (χ4n) is 1.85. The van der Waals surface area contributed by atoms with Gasteiger partial charge in [-0.3, -0.25) is 4.99 Å². The molecule has 1 saturated carbocycles. The van der Waals surface area contributed by atoms with Gasteiger partial charge in [-0.15, -0.1) is 0 Å². The molecule has 0 bridgehead atoms. The van der Waals surface area contributed by atoms with Crippen LogP contribution in [0.2, 0.25) is 0 Å². The van der Waals surface area contributed by atoms with Gasteiger partial charge in [0.05, 0.1) is 5.84 Å². The van der Waals surface area contributed by atoms with Crippen LogP contribution in [-0.4, -0.2) is 11.9 Å². The van der Waals surface area contributed by atoms with E-state index in [2.05, 4.69) is 25.8 Å². The summed E-state index contributed by atoms with van der Waals surface area (Å²) in [5, 5.41) is 0. The van der Waals surface area contributed by atoms with E-state index in [1.165, 1.54) is 25.7 Å². The van der Waals surface area contributed by atoms with E-state index in [1.807, 2.05) is 0 Å². The molecule has 1 aliphatic rings. The Labute approximate surface area is 75.3 Å². The predicted octanol–water partition coefficient (Wildman–Crippen LogP) is 2.33. The molecule has 12 heavy (non-hydrogen) atoms. The van der Waals surface area contributed by atoms with Gasteiger partial charge in [0.25, 0.3) is 0 Å². The number of nitrogens with zero attached hydrogens (tertiary/aromatic N) is 1. The highest BCUT2D eigenvalue weighted by atomic mass is 14.9. The standard InChI is InChI=1S/C10H20N2/c1-8(2)12-9(11)10(3)6-4-5-7-10/h8H,4-7H2,1-3H3,(H2,11,12). The van der Waals surface area contributed by atoms with Gasteiger partial charge in [0.2, 0.25) is 0 Å². The van der Waals surface area contributed by atoms with Gasteiger partial charge in [-0.25, -0.2) is 0 Å². The van der Waals surface area contributed by atoms with Gasteiger partial charge < -0.3 is 5.73 Å². The van der Waals surface area contributed by atoms with Crippen molar-refractivity contribution >= 4 is 5.84 Å². The van der Waals surface area contributed by atoms with Gasteiger partial charge in [-0.1, -0.05) is 19.8 Å². The monoisotopic (exact) mass is 168 g/mol. The van der Waals surface area contributed by atoms with Crippen LogP contribution in [0.15, 0.2) is 4.99 Å². The van der Waals surface area contributed by atoms with Crippen molar-refractivity contribution in [1.82, 2.24) is 0 Å². The van der Waals surface area contributed by atoms with Crippen LogP contribution in [0.3, 0.4) is 0 Å². The molecule has 0 spiro atoms. The molecule has 0 aromatic carbocycles. The van der Waals surface area contributed by atoms with Crippen LogP contribution in [0.5, 0.6) is 0 Å². The van der Waals surface area contributed by atoms with E-state index < -0.39 is 0 Å². The highest BCUT2D eigenvalue weighted by Gasteiger charge is 2.32. The summed E-state index contributed by atoms with van der Waals surface area (Å²) < 4.78 is 0. The Morgan fingerprint density at radius 3 is 2.25 bits per heavy atom. The maximum absolute atomic E-state index is 5.96. The molecule has 0 aromatic rings. The van der Waals surface area contributed by atoms with Crippen molar-refractivity contribution in [3.63, 3.8) is 0 Å². The van der Waals surface area contributed by atoms with Crippen molar-refractivity contribution in [1.29, 1.82) is 0 Å². The van der Waals surface area contributed by atoms with Crippen LogP contribution in [0.25, 0.3) is 0 Å². The number of hydrogen-bond acceptors (Lipinski definition) is 1. The summed E-state index contributed by atoms with van der Waals surface area (Å²) in [6, 6.07) is 0.336. The van der Waals surface area contributed by atoms with E-state index in [4.69, 9.17) is 5.73 Å². The third-order valence-corrected chi connectivity index (χ3v) is 2.72. The Morgan fingerprint density at radius 1 is 1.33 bits per heavy atom. The highest BCUT2D eigenvalue weighted by Crippen LogP contribution is 2.37. The molecule has 0 aromatic heterocycles. The molecule has 0 saturated heterocycles. The Balaban J connectivity index is 2.67. The minimum atomic E-state index is 0.213. The number of hydrogen-bond donors (Lipinski definition) is 1. The lowest BCUT2D eigenvalue weighted by atomic mass is 9.87. The van der Waals surface area contributed by atoms with Crippen molar-refractivity contribution < 1.29 is 0 Å². The van der Waals surface area contributed by atoms with Crippen LogP contribution in [0.4, 0.5) is 0 Å². The van der Waals surface area contributed by atoms with Crippen LogP contribution in [0, 0.1) is 5.41 Å². The molecule has 0 radical (unpaired) electrons. The second-order valence-corrected chi connectivity index (χ2v) is 4.38. The SMILES string of the molecule is CC(C)N=C(N)C1(C)CCCC1. The van der Waals surface area contributed by atoms with Gasteiger partial charge >= 0.3 is 0 Å². The molecule has 0 atom stereocenters. The van der Waals surface area contributed by atoms with Crippen molar-refractivity contribution in [3.8, 4) is 0 Å². The van der Waals surface area contributed by atoms with E-state index in [-0.39, 0.29) is 5.41 Å². The van der Waals surface area contributed by atoms with E-state index >= 15 is 0 Å². The fourth-order valence-corrected chi connectivity index (χ4v) is 1.85. The lowest BCUT2D eigenvalue weighted by molar-refractivity contribution is 0.478. The third-order valence-electron chi connectivity index (χ3n) is 2.72. The van der Waals surface area contributed by atoms with E-state index in [9.17, 15) is 0 Å². The van der Waals surface area contributed by atoms with E-state index in [0.717, 1.165) is 5.84 Å². The van der Waals surface area contributed by atoms with Crippen molar-refractivity contribution in [2.75, 3.05) is 0 Å². The smallest absolute Gasteiger partial charge is 0.1000 e. The minimum Gasteiger partial charge on any atom is -0.387 e. The molecule has 0 aliphatic heterocycles. The molecule has 0 heterocycles. The van der Waals surface area contributed by atoms with Crippen LogP contribution in [-0.2, 0) is 0 Å². The lowest BCUT2D eigenvalue weighted by Gasteiger charge is -2.23. The van der Waals surface area contributed by atoms with E-state index in [0.29, 0.717) is 6.04 Å². The van der Waals surface area contributed by atoms with Crippen LogP contribution >= 0.6 is 0 Å². The second kappa shape index (κ2) is 3.46. The second-order valence-electron chi connectivity index (χ2n) is 4.38. The maximum Gasteiger partial charge on any atom is 0.1000 e. The quantitative estimate of drug-likeness (QED) is 0.499. The molecular weight excluding hydrogens is 148 g/mol. The molecular formula is C10H20N2. The largest absolute Gasteiger partial charge is 0.387 e. The van der Waals surface area contributed by atoms with Crippen LogP contribution in [0.1, 0.15) is 46.5 Å². The molecule has 0 unspecified atom stereocenters. The minimum absolute atomic E-state index is 0.213. The zero-order chi connectivity index (χ0) is 9.19.